The predicted octanol–water partition coefficient (Wildman–Crippen LogP) is 1.41. The molecule has 4 nitrogen and oxygen atoms in total. The number of nitrogens with one attached hydrogen (secondary N) is 1. The number of likely N-dealkylation sites (tertiary alicyclic amines) is 1. The second-order valence-electron chi connectivity index (χ2n) is 5.76. The molecular formula is C14H24N2O2. The average Bonchev–Trinajstić information content (AvgIpc) is 3.17. The van der Waals surface area contributed by atoms with Crippen molar-refractivity contribution >= 4 is 11.8 Å². The lowest BCUT2D eigenvalue weighted by Gasteiger charge is -2.23. The Bertz CT molecular complexity index is 319. The molecule has 1 saturated heterocycles. The molecular weight excluding hydrogens is 228 g/mol. The van der Waals surface area contributed by atoms with Crippen molar-refractivity contribution in [2.24, 2.45) is 17.8 Å². The number of carbonyl (C=O) groups excluding carboxylic acids is 2. The lowest BCUT2D eigenvalue weighted by Crippen LogP contribution is -2.45. The summed E-state index contributed by atoms with van der Waals surface area (Å²) in [5, 5.41) is 3.48. The fourth-order valence-electron chi connectivity index (χ4n) is 2.61. The number of amides is 2. The van der Waals surface area contributed by atoms with Crippen molar-refractivity contribution in [2.45, 2.75) is 46.1 Å². The van der Waals surface area contributed by atoms with Gasteiger partial charge in [0.25, 0.3) is 0 Å². The van der Waals surface area contributed by atoms with E-state index in [1.54, 1.807) is 0 Å². The molecule has 2 fully saturated rings. The first-order chi connectivity index (χ1) is 8.56. The van der Waals surface area contributed by atoms with Crippen molar-refractivity contribution in [1.82, 2.24) is 10.2 Å². The smallest absolute Gasteiger partial charge is 0.232 e. The minimum absolute atomic E-state index is 0.0106. The van der Waals surface area contributed by atoms with Crippen LogP contribution in [0.1, 0.15) is 40.0 Å². The molecule has 0 aromatic heterocycles. The van der Waals surface area contributed by atoms with Crippen LogP contribution >= 0.6 is 0 Å². The lowest BCUT2D eigenvalue weighted by molar-refractivity contribution is -0.140. The highest BCUT2D eigenvalue weighted by atomic mass is 16.2. The highest BCUT2D eigenvalue weighted by molar-refractivity contribution is 6.04. The van der Waals surface area contributed by atoms with E-state index in [1.165, 1.54) is 17.7 Å². The molecule has 0 bridgehead atoms. The fraction of sp³-hybridized carbons (Fsp3) is 0.857. The van der Waals surface area contributed by atoms with Gasteiger partial charge in [-0.15, -0.1) is 0 Å². The highest BCUT2D eigenvalue weighted by Gasteiger charge is 2.44. The van der Waals surface area contributed by atoms with Crippen molar-refractivity contribution in [2.75, 3.05) is 13.1 Å². The van der Waals surface area contributed by atoms with E-state index in [0.717, 1.165) is 13.0 Å². The molecule has 0 aromatic rings. The van der Waals surface area contributed by atoms with Gasteiger partial charge in [0.2, 0.25) is 11.8 Å². The third kappa shape index (κ3) is 2.58. The second-order valence-corrected chi connectivity index (χ2v) is 5.76. The van der Waals surface area contributed by atoms with Gasteiger partial charge in [-0.3, -0.25) is 14.5 Å². The Kier molecular flexibility index (Phi) is 4.05. The van der Waals surface area contributed by atoms with Crippen LogP contribution < -0.4 is 5.32 Å². The third-order valence-electron chi connectivity index (χ3n) is 4.29. The van der Waals surface area contributed by atoms with Gasteiger partial charge in [-0.05, 0) is 31.7 Å². The number of hydrogen-bond acceptors (Lipinski definition) is 3. The molecule has 1 N–H and O–H groups in total. The third-order valence-corrected chi connectivity index (χ3v) is 4.29. The topological polar surface area (TPSA) is 49.4 Å². The van der Waals surface area contributed by atoms with E-state index in [0.29, 0.717) is 18.5 Å². The van der Waals surface area contributed by atoms with Crippen LogP contribution in [-0.4, -0.2) is 35.8 Å². The zero-order valence-electron chi connectivity index (χ0n) is 11.6. The molecule has 2 rings (SSSR count). The van der Waals surface area contributed by atoms with Gasteiger partial charge < -0.3 is 5.32 Å². The summed E-state index contributed by atoms with van der Waals surface area (Å²) >= 11 is 0. The van der Waals surface area contributed by atoms with Gasteiger partial charge in [0.1, 0.15) is 0 Å². The first-order valence-electron chi connectivity index (χ1n) is 7.14. The summed E-state index contributed by atoms with van der Waals surface area (Å²) < 4.78 is 0. The van der Waals surface area contributed by atoms with Crippen molar-refractivity contribution < 1.29 is 9.59 Å². The molecule has 1 saturated carbocycles. The van der Waals surface area contributed by atoms with Crippen molar-refractivity contribution in [3.8, 4) is 0 Å². The van der Waals surface area contributed by atoms with Crippen LogP contribution in [0.15, 0.2) is 0 Å². The van der Waals surface area contributed by atoms with Crippen LogP contribution in [0.5, 0.6) is 0 Å². The molecule has 3 atom stereocenters. The summed E-state index contributed by atoms with van der Waals surface area (Å²) in [6.45, 7) is 7.37. The standard InChI is InChI=1S/C14H24N2O2/c1-4-7-15-12(11-5-6-11)8-16-13(17)9(2)10(3)14(16)18/h9-12,15H,4-8H2,1-3H3. The van der Waals surface area contributed by atoms with Gasteiger partial charge in [-0.1, -0.05) is 20.8 Å². The van der Waals surface area contributed by atoms with E-state index in [1.807, 2.05) is 13.8 Å². The minimum Gasteiger partial charge on any atom is -0.312 e. The van der Waals surface area contributed by atoms with E-state index in [-0.39, 0.29) is 23.7 Å². The first-order valence-corrected chi connectivity index (χ1v) is 7.14. The van der Waals surface area contributed by atoms with Gasteiger partial charge in [-0.25, -0.2) is 0 Å². The summed E-state index contributed by atoms with van der Waals surface area (Å²) in [5.41, 5.74) is 0. The van der Waals surface area contributed by atoms with Gasteiger partial charge in [0, 0.05) is 24.4 Å². The van der Waals surface area contributed by atoms with Gasteiger partial charge in [-0.2, -0.15) is 0 Å². The number of imide groups is 1. The second kappa shape index (κ2) is 5.39. The Morgan fingerprint density at radius 2 is 1.78 bits per heavy atom. The van der Waals surface area contributed by atoms with Crippen LogP contribution in [-0.2, 0) is 9.59 Å². The Hall–Kier alpha value is -0.900. The van der Waals surface area contributed by atoms with E-state index in [9.17, 15) is 9.59 Å². The molecule has 0 radical (unpaired) electrons. The van der Waals surface area contributed by atoms with Gasteiger partial charge in [0.15, 0.2) is 0 Å². The van der Waals surface area contributed by atoms with Crippen molar-refractivity contribution in [3.63, 3.8) is 0 Å². The highest BCUT2D eigenvalue weighted by Crippen LogP contribution is 2.34. The molecule has 1 aliphatic carbocycles. The normalized spacial score (nSPS) is 30.1. The molecule has 3 unspecified atom stereocenters. The maximum atomic E-state index is 12.1. The van der Waals surface area contributed by atoms with Gasteiger partial charge >= 0.3 is 0 Å². The Balaban J connectivity index is 1.98. The molecule has 0 spiro atoms. The van der Waals surface area contributed by atoms with E-state index in [2.05, 4.69) is 12.2 Å². The number of rotatable bonds is 6. The molecule has 4 heteroatoms. The molecule has 18 heavy (non-hydrogen) atoms. The van der Waals surface area contributed by atoms with Crippen LogP contribution in [0.25, 0.3) is 0 Å². The maximum Gasteiger partial charge on any atom is 0.232 e. The summed E-state index contributed by atoms with van der Waals surface area (Å²) in [5.74, 6) is 0.378. The Labute approximate surface area is 109 Å². The maximum absolute atomic E-state index is 12.1. The molecule has 1 aliphatic heterocycles. The van der Waals surface area contributed by atoms with E-state index < -0.39 is 0 Å². The quantitative estimate of drug-likeness (QED) is 0.727. The van der Waals surface area contributed by atoms with E-state index >= 15 is 0 Å². The largest absolute Gasteiger partial charge is 0.312 e. The molecule has 0 aromatic carbocycles. The monoisotopic (exact) mass is 252 g/mol. The minimum atomic E-state index is -0.150. The van der Waals surface area contributed by atoms with Crippen molar-refractivity contribution in [3.05, 3.63) is 0 Å². The molecule has 1 heterocycles. The molecule has 2 amide bonds. The van der Waals surface area contributed by atoms with Crippen LogP contribution in [0.2, 0.25) is 0 Å². The summed E-state index contributed by atoms with van der Waals surface area (Å²) in [6, 6.07) is 0.301. The van der Waals surface area contributed by atoms with Crippen LogP contribution in [0, 0.1) is 17.8 Å². The van der Waals surface area contributed by atoms with Crippen LogP contribution in [0.3, 0.4) is 0 Å². The zero-order chi connectivity index (χ0) is 13.3. The summed E-state index contributed by atoms with van der Waals surface area (Å²) in [6.07, 6.45) is 3.53. The van der Waals surface area contributed by atoms with Crippen molar-refractivity contribution in [1.29, 1.82) is 0 Å². The fourth-order valence-corrected chi connectivity index (χ4v) is 2.61. The first kappa shape index (κ1) is 13.5. The SMILES string of the molecule is CCCNC(CN1C(=O)C(C)C(C)C1=O)C1CC1. The Morgan fingerprint density at radius 1 is 1.22 bits per heavy atom. The van der Waals surface area contributed by atoms with Crippen LogP contribution in [0.4, 0.5) is 0 Å². The molecule has 102 valence electrons. The number of carbonyl (C=O) groups is 2. The van der Waals surface area contributed by atoms with Gasteiger partial charge in [0.05, 0.1) is 0 Å². The Morgan fingerprint density at radius 3 is 2.22 bits per heavy atom. The average molecular weight is 252 g/mol. The lowest BCUT2D eigenvalue weighted by atomic mass is 10.00. The number of nitrogens with zero attached hydrogens (tertiary/aromatic N) is 1. The zero-order valence-corrected chi connectivity index (χ0v) is 11.6. The van der Waals surface area contributed by atoms with E-state index in [4.69, 9.17) is 0 Å². The summed E-state index contributed by atoms with van der Waals surface area (Å²) in [4.78, 5) is 25.6. The predicted molar refractivity (Wildman–Crippen MR) is 69.9 cm³/mol. The molecule has 2 aliphatic rings. The number of hydrogen-bond donors (Lipinski definition) is 1. The summed E-state index contributed by atoms with van der Waals surface area (Å²) in [7, 11) is 0.